The zero-order chi connectivity index (χ0) is 19.7. The van der Waals surface area contributed by atoms with Crippen molar-refractivity contribution in [3.05, 3.63) is 46.0 Å². The maximum Gasteiger partial charge on any atom is 0.229 e. The van der Waals surface area contributed by atoms with E-state index in [-0.39, 0.29) is 11.8 Å². The van der Waals surface area contributed by atoms with Gasteiger partial charge < -0.3 is 0 Å². The van der Waals surface area contributed by atoms with Crippen LogP contribution >= 0.6 is 11.8 Å². The Kier molecular flexibility index (Phi) is 5.80. The molecule has 0 bridgehead atoms. The molecule has 28 heavy (non-hydrogen) atoms. The number of hydrogen-bond acceptors (Lipinski definition) is 4. The highest BCUT2D eigenvalue weighted by Crippen LogP contribution is 2.43. The first kappa shape index (κ1) is 19.5. The maximum atomic E-state index is 13.0. The third kappa shape index (κ3) is 3.73. The predicted molar refractivity (Wildman–Crippen MR) is 113 cm³/mol. The van der Waals surface area contributed by atoms with E-state index in [4.69, 9.17) is 0 Å². The minimum Gasteiger partial charge on any atom is -0.292 e. The van der Waals surface area contributed by atoms with Gasteiger partial charge in [0.25, 0.3) is 0 Å². The maximum absolute atomic E-state index is 13.0. The normalized spacial score (nSPS) is 24.4. The van der Waals surface area contributed by atoms with E-state index in [2.05, 4.69) is 49.1 Å². The molecule has 4 nitrogen and oxygen atoms in total. The van der Waals surface area contributed by atoms with Crippen LogP contribution in [0.15, 0.2) is 34.9 Å². The van der Waals surface area contributed by atoms with E-state index in [0.717, 1.165) is 22.0 Å². The van der Waals surface area contributed by atoms with Gasteiger partial charge >= 0.3 is 0 Å². The van der Waals surface area contributed by atoms with Gasteiger partial charge in [0.2, 0.25) is 5.91 Å². The van der Waals surface area contributed by atoms with Crippen LogP contribution in [-0.2, 0) is 4.79 Å². The summed E-state index contributed by atoms with van der Waals surface area (Å²) in [6.07, 6.45) is 6.78. The summed E-state index contributed by atoms with van der Waals surface area (Å²) >= 11 is 1.68. The minimum atomic E-state index is -0.112. The second-order valence-corrected chi connectivity index (χ2v) is 9.46. The lowest BCUT2D eigenvalue weighted by atomic mass is 9.85. The molecule has 2 aliphatic heterocycles. The van der Waals surface area contributed by atoms with Crippen LogP contribution in [0.4, 0.5) is 0 Å². The van der Waals surface area contributed by atoms with Gasteiger partial charge in [-0.05, 0) is 29.9 Å². The van der Waals surface area contributed by atoms with Gasteiger partial charge in [-0.3, -0.25) is 14.6 Å². The molecule has 1 aromatic rings. The van der Waals surface area contributed by atoms with Gasteiger partial charge in [0.15, 0.2) is 0 Å². The van der Waals surface area contributed by atoms with Gasteiger partial charge in [-0.2, -0.15) is 5.26 Å². The Morgan fingerprint density at radius 1 is 1.14 bits per heavy atom. The molecular weight excluding hydrogens is 366 g/mol. The third-order valence-electron chi connectivity index (χ3n) is 6.41. The predicted octanol–water partition coefficient (Wildman–Crippen LogP) is 5.16. The molecule has 0 N–H and O–H groups in total. The Labute approximate surface area is 172 Å². The van der Waals surface area contributed by atoms with Crippen LogP contribution in [0.5, 0.6) is 0 Å². The standard InChI is InChI=1S/C23H29N3OS/c1-16(2)17-8-10-18(11-9-17)20-12-22(27)26-14-25(19-6-4-3-5-7-19)15-28-23(26)21(20)13-24/h8-11,16,19-20H,3-7,12,14-15H2,1-2H3/t20-/m0/s1. The average Bonchev–Trinajstić information content (AvgIpc) is 2.74. The van der Waals surface area contributed by atoms with Crippen molar-refractivity contribution < 1.29 is 4.79 Å². The summed E-state index contributed by atoms with van der Waals surface area (Å²) in [5.41, 5.74) is 3.13. The molecule has 148 valence electrons. The molecule has 2 heterocycles. The van der Waals surface area contributed by atoms with E-state index in [1.165, 1.54) is 37.7 Å². The van der Waals surface area contributed by atoms with Crippen LogP contribution in [-0.4, -0.2) is 34.3 Å². The molecule has 3 aliphatic rings. The second-order valence-electron chi connectivity index (χ2n) is 8.53. The smallest absolute Gasteiger partial charge is 0.229 e. The number of rotatable bonds is 3. The van der Waals surface area contributed by atoms with Crippen molar-refractivity contribution in [1.82, 2.24) is 9.80 Å². The quantitative estimate of drug-likeness (QED) is 0.709. The van der Waals surface area contributed by atoms with E-state index in [9.17, 15) is 10.1 Å². The lowest BCUT2D eigenvalue weighted by Gasteiger charge is -2.44. The highest BCUT2D eigenvalue weighted by molar-refractivity contribution is 8.03. The summed E-state index contributed by atoms with van der Waals surface area (Å²) in [6, 6.07) is 11.5. The fourth-order valence-corrected chi connectivity index (χ4v) is 5.89. The van der Waals surface area contributed by atoms with Gasteiger partial charge in [0.1, 0.15) is 0 Å². The number of benzene rings is 1. The number of amides is 1. The molecule has 1 saturated carbocycles. The van der Waals surface area contributed by atoms with Crippen molar-refractivity contribution in [2.24, 2.45) is 0 Å². The summed E-state index contributed by atoms with van der Waals surface area (Å²) in [7, 11) is 0. The average molecular weight is 396 g/mol. The highest BCUT2D eigenvalue weighted by Gasteiger charge is 2.39. The molecule has 0 radical (unpaired) electrons. The monoisotopic (exact) mass is 395 g/mol. The first-order valence-electron chi connectivity index (χ1n) is 10.5. The molecule has 0 aromatic heterocycles. The van der Waals surface area contributed by atoms with Crippen LogP contribution in [0, 0.1) is 11.3 Å². The molecule has 2 fully saturated rings. The summed E-state index contributed by atoms with van der Waals surface area (Å²) in [6.45, 7) is 5.00. The Morgan fingerprint density at radius 3 is 2.50 bits per heavy atom. The lowest BCUT2D eigenvalue weighted by Crippen LogP contribution is -2.51. The van der Waals surface area contributed by atoms with Crippen molar-refractivity contribution in [3.63, 3.8) is 0 Å². The Bertz CT molecular complexity index is 802. The topological polar surface area (TPSA) is 47.3 Å². The van der Waals surface area contributed by atoms with Crippen molar-refractivity contribution in [2.45, 2.75) is 70.3 Å². The third-order valence-corrected chi connectivity index (χ3v) is 7.59. The van der Waals surface area contributed by atoms with Crippen LogP contribution in [0.25, 0.3) is 0 Å². The van der Waals surface area contributed by atoms with Crippen LogP contribution in [0.1, 0.15) is 75.3 Å². The summed E-state index contributed by atoms with van der Waals surface area (Å²) < 4.78 is 0. The Morgan fingerprint density at radius 2 is 1.86 bits per heavy atom. The molecule has 0 unspecified atom stereocenters. The van der Waals surface area contributed by atoms with E-state index in [1.54, 1.807) is 11.8 Å². The Hall–Kier alpha value is -1.77. The van der Waals surface area contributed by atoms with Crippen LogP contribution in [0.3, 0.4) is 0 Å². The van der Waals surface area contributed by atoms with Crippen LogP contribution in [0.2, 0.25) is 0 Å². The van der Waals surface area contributed by atoms with Gasteiger partial charge in [-0.25, -0.2) is 0 Å². The Balaban J connectivity index is 1.58. The van der Waals surface area contributed by atoms with Crippen LogP contribution < -0.4 is 0 Å². The summed E-state index contributed by atoms with van der Waals surface area (Å²) in [5.74, 6) is 1.40. The molecule has 4 rings (SSSR count). The number of nitriles is 1. The first-order chi connectivity index (χ1) is 13.6. The number of carbonyl (C=O) groups excluding carboxylic acids is 1. The number of hydrogen-bond donors (Lipinski definition) is 0. The number of allylic oxidation sites excluding steroid dienone is 1. The molecule has 5 heteroatoms. The largest absolute Gasteiger partial charge is 0.292 e. The summed E-state index contributed by atoms with van der Waals surface area (Å²) in [5, 5.41) is 10.8. The fraction of sp³-hybridized carbons (Fsp3) is 0.565. The van der Waals surface area contributed by atoms with Gasteiger partial charge in [-0.1, -0.05) is 69.1 Å². The van der Waals surface area contributed by atoms with Crippen molar-refractivity contribution in [1.29, 1.82) is 5.26 Å². The molecule has 1 amide bonds. The van der Waals surface area contributed by atoms with E-state index >= 15 is 0 Å². The zero-order valence-corrected chi connectivity index (χ0v) is 17.7. The molecule has 1 atom stereocenters. The SMILES string of the molecule is CC(C)c1ccc([C@@H]2CC(=O)N3CN(C4CCCCC4)CSC3=C2C#N)cc1. The number of thioether (sulfide) groups is 1. The first-order valence-corrected chi connectivity index (χ1v) is 11.5. The fourth-order valence-electron chi connectivity index (χ4n) is 4.65. The highest BCUT2D eigenvalue weighted by atomic mass is 32.2. The van der Waals surface area contributed by atoms with E-state index < -0.39 is 0 Å². The van der Waals surface area contributed by atoms with Gasteiger partial charge in [0.05, 0.1) is 29.2 Å². The lowest BCUT2D eigenvalue weighted by molar-refractivity contribution is -0.132. The van der Waals surface area contributed by atoms with E-state index in [1.807, 2.05) is 4.90 Å². The number of carbonyl (C=O) groups is 1. The van der Waals surface area contributed by atoms with Crippen molar-refractivity contribution >= 4 is 17.7 Å². The summed E-state index contributed by atoms with van der Waals surface area (Å²) in [4.78, 5) is 17.3. The molecule has 0 spiro atoms. The van der Waals surface area contributed by atoms with Gasteiger partial charge in [0, 0.05) is 18.4 Å². The van der Waals surface area contributed by atoms with Crippen molar-refractivity contribution in [3.8, 4) is 6.07 Å². The molecule has 1 aromatic carbocycles. The second kappa shape index (κ2) is 8.31. The number of fused-ring (bicyclic) bond motifs is 1. The molecular formula is C23H29N3OS. The van der Waals surface area contributed by atoms with E-state index in [0.29, 0.717) is 25.0 Å². The zero-order valence-electron chi connectivity index (χ0n) is 16.9. The molecule has 1 saturated heterocycles. The van der Waals surface area contributed by atoms with Crippen molar-refractivity contribution in [2.75, 3.05) is 12.5 Å². The van der Waals surface area contributed by atoms with Gasteiger partial charge in [-0.15, -0.1) is 0 Å². The molecule has 1 aliphatic carbocycles. The number of nitrogens with zero attached hydrogens (tertiary/aromatic N) is 3. The minimum absolute atomic E-state index is 0.112.